The number of carbonyl (C=O) groups is 3. The predicted octanol–water partition coefficient (Wildman–Crippen LogP) is 17.8. The van der Waals surface area contributed by atoms with Crippen molar-refractivity contribution in [1.29, 1.82) is 10.5 Å². The number of rotatable bonds is 18. The molecule has 464 valence electrons. The third-order valence-electron chi connectivity index (χ3n) is 12.9. The molecule has 9 rings (SSSR count). The van der Waals surface area contributed by atoms with Crippen LogP contribution in [0.5, 0.6) is 0 Å². The monoisotopic (exact) mass is 1360 g/mol. The van der Waals surface area contributed by atoms with Crippen LogP contribution in [0.1, 0.15) is 57.1 Å². The highest BCUT2D eigenvalue weighted by Crippen LogP contribution is 2.43. The molecule has 0 saturated carbocycles. The number of halogens is 6. The number of azo groups is 2. The molecular weight excluding hydrogens is 1310 g/mol. The zero-order chi connectivity index (χ0) is 66.0. The smallest absolute Gasteiger partial charge is 0.229 e. The molecule has 0 saturated heterocycles. The van der Waals surface area contributed by atoms with Crippen molar-refractivity contribution >= 4 is 172 Å². The highest BCUT2D eigenvalue weighted by molar-refractivity contribution is 7.92. The van der Waals surface area contributed by atoms with Crippen molar-refractivity contribution in [1.82, 2.24) is 24.5 Å². The lowest BCUT2D eigenvalue weighted by molar-refractivity contribution is -0.119. The van der Waals surface area contributed by atoms with E-state index >= 15 is 0 Å². The molecule has 22 nitrogen and oxygen atoms in total. The average Bonchev–Trinajstić information content (AvgIpc) is 1.73. The van der Waals surface area contributed by atoms with Crippen molar-refractivity contribution in [2.24, 2.45) is 26.4 Å². The Kier molecular flexibility index (Phi) is 21.9. The number of aryl methyl sites for hydroxylation is 2. The molecule has 0 atom stereocenters. The number of anilines is 9. The van der Waals surface area contributed by atoms with E-state index in [9.17, 15) is 33.3 Å². The quantitative estimate of drug-likeness (QED) is 0.0584. The fourth-order valence-electron chi connectivity index (χ4n) is 8.92. The van der Waals surface area contributed by atoms with E-state index in [4.69, 9.17) is 69.6 Å². The summed E-state index contributed by atoms with van der Waals surface area (Å²) >= 11 is 38.6. The number of sulfonamides is 1. The first-order valence-corrected chi connectivity index (χ1v) is 31.4. The summed E-state index contributed by atoms with van der Waals surface area (Å²) in [5.74, 6) is -0.990. The van der Waals surface area contributed by atoms with Gasteiger partial charge in [-0.05, 0) is 142 Å². The van der Waals surface area contributed by atoms with E-state index in [2.05, 4.69) is 68.4 Å². The lowest BCUT2D eigenvalue weighted by atomic mass is 10.1. The van der Waals surface area contributed by atoms with Gasteiger partial charge in [-0.1, -0.05) is 83.5 Å². The molecule has 3 amide bonds. The first-order chi connectivity index (χ1) is 43.3. The normalized spacial score (nSPS) is 11.2. The van der Waals surface area contributed by atoms with Crippen molar-refractivity contribution in [3.63, 3.8) is 0 Å². The Morgan fingerprint density at radius 2 is 1.02 bits per heavy atom. The summed E-state index contributed by atoms with van der Waals surface area (Å²) in [6.45, 7) is 12.2. The van der Waals surface area contributed by atoms with Crippen LogP contribution in [0.4, 0.5) is 74.2 Å². The van der Waals surface area contributed by atoms with E-state index in [1.807, 2.05) is 59.2 Å². The minimum Gasteiger partial charge on any atom is -0.340 e. The maximum Gasteiger partial charge on any atom is 0.229 e. The maximum absolute atomic E-state index is 12.3. The van der Waals surface area contributed by atoms with Gasteiger partial charge < -0.3 is 25.8 Å². The van der Waals surface area contributed by atoms with E-state index < -0.39 is 10.0 Å². The van der Waals surface area contributed by atoms with Crippen LogP contribution in [-0.4, -0.2) is 63.5 Å². The van der Waals surface area contributed by atoms with Gasteiger partial charge in [-0.2, -0.15) is 20.7 Å². The number of carbonyl (C=O) groups excluding carboxylic acids is 3. The number of aromatic nitrogens is 5. The van der Waals surface area contributed by atoms with Crippen molar-refractivity contribution in [2.75, 3.05) is 43.3 Å². The summed E-state index contributed by atoms with van der Waals surface area (Å²) in [5.41, 5.74) is 7.20. The molecule has 6 aromatic carbocycles. The number of pyridine rings is 1. The van der Waals surface area contributed by atoms with Gasteiger partial charge in [0.05, 0.1) is 66.7 Å². The molecule has 0 spiro atoms. The van der Waals surface area contributed by atoms with E-state index in [0.717, 1.165) is 29.0 Å². The number of hydrogen-bond donors (Lipinski definition) is 4. The molecular formula is C62H53Cl6N17O5S. The fourth-order valence-corrected chi connectivity index (χ4v) is 11.0. The van der Waals surface area contributed by atoms with Crippen LogP contribution >= 0.6 is 69.6 Å². The Balaban J connectivity index is 0.000000236. The average molecular weight is 1360 g/mol. The van der Waals surface area contributed by atoms with Crippen LogP contribution in [0, 0.1) is 42.4 Å². The second-order valence-corrected chi connectivity index (χ2v) is 24.4. The molecule has 3 aromatic heterocycles. The number of nitriles is 2. The lowest BCUT2D eigenvalue weighted by Crippen LogP contribution is -2.17. The molecule has 9 aromatic rings. The summed E-state index contributed by atoms with van der Waals surface area (Å²) in [7, 11) is -3.61. The second kappa shape index (κ2) is 29.5. The van der Waals surface area contributed by atoms with Crippen LogP contribution in [0.2, 0.25) is 30.1 Å². The van der Waals surface area contributed by atoms with Crippen molar-refractivity contribution in [3.05, 3.63) is 186 Å². The number of benzene rings is 6. The van der Waals surface area contributed by atoms with E-state index in [0.29, 0.717) is 56.4 Å². The van der Waals surface area contributed by atoms with Crippen LogP contribution in [-0.2, 0) is 24.4 Å². The minimum atomic E-state index is -3.61. The summed E-state index contributed by atoms with van der Waals surface area (Å²) in [6, 6.07) is 38.8. The van der Waals surface area contributed by atoms with Gasteiger partial charge in [0.2, 0.25) is 27.7 Å². The number of nitrogens with one attached hydrogen (secondary N) is 4. The predicted molar refractivity (Wildman–Crippen MR) is 359 cm³/mol. The SMILES string of the molecule is CC(=O)Nc1cc(N(c2ccc(Cl)cc2)c2ccc(Cl)cc2)ccc1N=Nc1c(C#N)c(C)nn1-c1c(Cl)cc(NS(C)(=O)=O)cc1Cl.CCN(c1cccnc1)c1ccc(N=Nc2c(C#N)c(C)nn2-c2c(Cl)cc(NC(=O)C(C)C)cc2Cl)c(NC(C)=O)c1. The lowest BCUT2D eigenvalue weighted by Gasteiger charge is -2.26. The Morgan fingerprint density at radius 1 is 0.593 bits per heavy atom. The molecule has 0 aliphatic carbocycles. The van der Waals surface area contributed by atoms with Gasteiger partial charge in [0, 0.05) is 71.0 Å². The first kappa shape index (κ1) is 67.5. The van der Waals surface area contributed by atoms with Crippen LogP contribution in [0.3, 0.4) is 0 Å². The highest BCUT2D eigenvalue weighted by atomic mass is 35.5. The maximum atomic E-state index is 12.3. The van der Waals surface area contributed by atoms with Crippen molar-refractivity contribution in [2.45, 2.75) is 48.5 Å². The molecule has 0 radical (unpaired) electrons. The topological polar surface area (TPSA) is 286 Å². The summed E-state index contributed by atoms with van der Waals surface area (Å²) < 4.78 is 28.4. The Hall–Kier alpha value is -9.43. The molecule has 4 N–H and O–H groups in total. The number of amides is 3. The standard InChI is InChI=1S/C32H24Cl4N8O3S.C30H29Cl2N9O2/c1-18-26(17-37)32(44(41-18)31-27(35)14-22(15-28(31)36)42-48(3,46)47)40-39-29-13-12-25(16-30(29)38-19(2)45)43(23-8-4-20(33)5-9-23)24-10-6-21(34)7-11-24;1-6-40(22-8-7-11-34-16-22)21-9-10-26(27(14-21)35-19(5)42)37-38-29-23(15-33)18(4)39-41(29)28-24(31)12-20(13-25(28)32)36-30(43)17(2)3/h4-16,42H,1-3H3,(H,38,45);7-14,16-17H,6H2,1-5H3,(H,35,42)(H,36,43). The summed E-state index contributed by atoms with van der Waals surface area (Å²) in [6.07, 6.45) is 4.44. The van der Waals surface area contributed by atoms with Gasteiger partial charge in [0.15, 0.2) is 11.6 Å². The van der Waals surface area contributed by atoms with Crippen LogP contribution in [0.25, 0.3) is 11.4 Å². The molecule has 0 aliphatic rings. The second-order valence-electron chi connectivity index (χ2n) is 20.1. The van der Waals surface area contributed by atoms with Crippen LogP contribution < -0.4 is 30.5 Å². The zero-order valence-corrected chi connectivity index (χ0v) is 54.9. The first-order valence-electron chi connectivity index (χ1n) is 27.2. The third-order valence-corrected chi connectivity index (χ3v) is 15.2. The number of hydrogen-bond acceptors (Lipinski definition) is 16. The highest BCUT2D eigenvalue weighted by Gasteiger charge is 2.25. The van der Waals surface area contributed by atoms with Gasteiger partial charge in [-0.15, -0.1) is 20.5 Å². The van der Waals surface area contributed by atoms with Gasteiger partial charge in [0.1, 0.15) is 46.0 Å². The van der Waals surface area contributed by atoms with Gasteiger partial charge in [-0.25, -0.2) is 17.8 Å². The van der Waals surface area contributed by atoms with Crippen molar-refractivity contribution < 1.29 is 22.8 Å². The van der Waals surface area contributed by atoms with Crippen LogP contribution in [0.15, 0.2) is 154 Å². The van der Waals surface area contributed by atoms with E-state index in [-0.39, 0.29) is 89.2 Å². The fraction of sp³-hybridized carbons (Fsp3) is 0.161. The van der Waals surface area contributed by atoms with Gasteiger partial charge in [-0.3, -0.25) is 24.1 Å². The number of nitrogens with zero attached hydrogens (tertiary/aromatic N) is 13. The Labute approximate surface area is 553 Å². The van der Waals surface area contributed by atoms with E-state index in [1.165, 1.54) is 35.3 Å². The molecule has 0 aliphatic heterocycles. The Bertz CT molecular complexity index is 4440. The Morgan fingerprint density at radius 3 is 1.42 bits per heavy atom. The van der Waals surface area contributed by atoms with Crippen molar-refractivity contribution in [3.8, 4) is 23.5 Å². The third kappa shape index (κ3) is 16.5. The zero-order valence-electron chi connectivity index (χ0n) is 49.5. The molecule has 3 heterocycles. The minimum absolute atomic E-state index is 0.00410. The molecule has 0 bridgehead atoms. The summed E-state index contributed by atoms with van der Waals surface area (Å²) in [5, 5.41) is 56.2. The largest absolute Gasteiger partial charge is 0.340 e. The molecule has 91 heavy (non-hydrogen) atoms. The van der Waals surface area contributed by atoms with Gasteiger partial charge in [0.25, 0.3) is 0 Å². The molecule has 29 heteroatoms. The molecule has 0 fully saturated rings. The molecule has 0 unspecified atom stereocenters. The van der Waals surface area contributed by atoms with Gasteiger partial charge >= 0.3 is 0 Å². The van der Waals surface area contributed by atoms with E-state index in [1.54, 1.807) is 107 Å². The summed E-state index contributed by atoms with van der Waals surface area (Å²) in [4.78, 5) is 44.8.